The average Bonchev–Trinajstić information content (AvgIpc) is 2.43. The number of sulfonamides is 1. The van der Waals surface area contributed by atoms with Crippen molar-refractivity contribution in [3.05, 3.63) is 29.8 Å². The van der Waals surface area contributed by atoms with Crippen molar-refractivity contribution in [1.29, 1.82) is 0 Å². The number of carbonyl (C=O) groups excluding carboxylic acids is 1. The van der Waals surface area contributed by atoms with Gasteiger partial charge in [-0.3, -0.25) is 4.79 Å². The summed E-state index contributed by atoms with van der Waals surface area (Å²) in [7, 11) is -0.506. The van der Waals surface area contributed by atoms with E-state index in [1.807, 2.05) is 13.8 Å². The van der Waals surface area contributed by atoms with E-state index in [1.54, 1.807) is 12.1 Å². The fourth-order valence-corrected chi connectivity index (χ4v) is 2.62. The number of hydrogen-bond acceptors (Lipinski definition) is 4. The first-order chi connectivity index (χ1) is 9.73. The van der Waals surface area contributed by atoms with Gasteiger partial charge < -0.3 is 4.74 Å². The molecule has 5 nitrogen and oxygen atoms in total. The molecule has 21 heavy (non-hydrogen) atoms. The highest BCUT2D eigenvalue weighted by atomic mass is 32.2. The van der Waals surface area contributed by atoms with Crippen molar-refractivity contribution >= 4 is 16.0 Å². The number of benzene rings is 1. The highest BCUT2D eigenvalue weighted by molar-refractivity contribution is 7.89. The lowest BCUT2D eigenvalue weighted by molar-refractivity contribution is -0.145. The predicted molar refractivity (Wildman–Crippen MR) is 81.2 cm³/mol. The predicted octanol–water partition coefficient (Wildman–Crippen LogP) is 2.42. The minimum absolute atomic E-state index is 0.0910. The van der Waals surface area contributed by atoms with E-state index in [0.29, 0.717) is 17.9 Å². The largest absolute Gasteiger partial charge is 0.461 e. The molecule has 0 aromatic heterocycles. The van der Waals surface area contributed by atoms with Crippen LogP contribution in [0.25, 0.3) is 0 Å². The second-order valence-electron chi connectivity index (χ2n) is 5.53. The molecule has 1 rings (SSSR count). The summed E-state index contributed by atoms with van der Waals surface area (Å²) in [6.45, 7) is 4.18. The summed E-state index contributed by atoms with van der Waals surface area (Å²) in [6.07, 6.45) is 1.17. The molecular formula is C15H23NO4S. The van der Waals surface area contributed by atoms with Crippen molar-refractivity contribution in [1.82, 2.24) is 4.31 Å². The van der Waals surface area contributed by atoms with Crippen molar-refractivity contribution in [3.8, 4) is 0 Å². The normalized spacial score (nSPS) is 11.9. The maximum absolute atomic E-state index is 12.0. The Hall–Kier alpha value is -1.40. The molecule has 0 atom stereocenters. The van der Waals surface area contributed by atoms with Crippen LogP contribution in [0.2, 0.25) is 0 Å². The van der Waals surface area contributed by atoms with Crippen LogP contribution in [0.3, 0.4) is 0 Å². The molecule has 0 N–H and O–H groups in total. The van der Waals surface area contributed by atoms with Crippen molar-refractivity contribution in [2.24, 2.45) is 5.92 Å². The first kappa shape index (κ1) is 17.7. The van der Waals surface area contributed by atoms with Gasteiger partial charge >= 0.3 is 5.97 Å². The van der Waals surface area contributed by atoms with E-state index in [9.17, 15) is 13.2 Å². The SMILES string of the molecule is CC(C)CCC(=O)OCc1cccc(S(=O)(=O)N(C)C)c1. The topological polar surface area (TPSA) is 63.7 Å². The summed E-state index contributed by atoms with van der Waals surface area (Å²) >= 11 is 0. The molecule has 0 spiro atoms. The summed E-state index contributed by atoms with van der Waals surface area (Å²) in [4.78, 5) is 11.8. The number of esters is 1. The number of carbonyl (C=O) groups is 1. The van der Waals surface area contributed by atoms with Crippen LogP contribution in [0, 0.1) is 5.92 Å². The molecule has 0 radical (unpaired) electrons. The van der Waals surface area contributed by atoms with Crippen LogP contribution in [0.15, 0.2) is 29.2 Å². The van der Waals surface area contributed by atoms with E-state index in [4.69, 9.17) is 4.74 Å². The van der Waals surface area contributed by atoms with Gasteiger partial charge in [-0.25, -0.2) is 12.7 Å². The molecular weight excluding hydrogens is 290 g/mol. The van der Waals surface area contributed by atoms with Gasteiger partial charge in [-0.2, -0.15) is 0 Å². The first-order valence-electron chi connectivity index (χ1n) is 6.90. The highest BCUT2D eigenvalue weighted by Gasteiger charge is 2.17. The molecule has 0 saturated carbocycles. The summed E-state index contributed by atoms with van der Waals surface area (Å²) in [5, 5.41) is 0. The Morgan fingerprint density at radius 3 is 2.52 bits per heavy atom. The third-order valence-corrected chi connectivity index (χ3v) is 4.81. The van der Waals surface area contributed by atoms with Gasteiger partial charge in [0.25, 0.3) is 0 Å². The van der Waals surface area contributed by atoms with Crippen LogP contribution >= 0.6 is 0 Å². The molecule has 0 saturated heterocycles. The molecule has 0 aliphatic rings. The Labute approximate surface area is 127 Å². The average molecular weight is 313 g/mol. The van der Waals surface area contributed by atoms with Crippen LogP contribution in [0.4, 0.5) is 0 Å². The Balaban J connectivity index is 2.68. The van der Waals surface area contributed by atoms with E-state index in [2.05, 4.69) is 0 Å². The third kappa shape index (κ3) is 5.47. The second-order valence-corrected chi connectivity index (χ2v) is 7.68. The van der Waals surface area contributed by atoms with Gasteiger partial charge in [0.2, 0.25) is 10.0 Å². The summed E-state index contributed by atoms with van der Waals surface area (Å²) < 4.78 is 30.3. The van der Waals surface area contributed by atoms with E-state index in [0.717, 1.165) is 10.7 Å². The second kappa shape index (κ2) is 7.56. The highest BCUT2D eigenvalue weighted by Crippen LogP contribution is 2.16. The van der Waals surface area contributed by atoms with Crippen molar-refractivity contribution in [3.63, 3.8) is 0 Å². The zero-order valence-electron chi connectivity index (χ0n) is 13.0. The lowest BCUT2D eigenvalue weighted by Gasteiger charge is -2.12. The number of ether oxygens (including phenoxy) is 1. The number of nitrogens with zero attached hydrogens (tertiary/aromatic N) is 1. The lowest BCUT2D eigenvalue weighted by Crippen LogP contribution is -2.22. The Bertz CT molecular complexity index is 579. The molecule has 1 aromatic carbocycles. The van der Waals surface area contributed by atoms with Crippen LogP contribution in [-0.2, 0) is 26.2 Å². The fraction of sp³-hybridized carbons (Fsp3) is 0.533. The minimum Gasteiger partial charge on any atom is -0.461 e. The van der Waals surface area contributed by atoms with Gasteiger partial charge in [0.15, 0.2) is 0 Å². The molecule has 0 heterocycles. The van der Waals surface area contributed by atoms with Crippen LogP contribution in [0.1, 0.15) is 32.3 Å². The molecule has 0 aliphatic heterocycles. The molecule has 0 bridgehead atoms. The van der Waals surface area contributed by atoms with Crippen LogP contribution in [-0.4, -0.2) is 32.8 Å². The minimum atomic E-state index is -3.47. The molecule has 0 unspecified atom stereocenters. The van der Waals surface area contributed by atoms with Crippen molar-refractivity contribution in [2.75, 3.05) is 14.1 Å². The Morgan fingerprint density at radius 2 is 1.95 bits per heavy atom. The van der Waals surface area contributed by atoms with Gasteiger partial charge in [0, 0.05) is 20.5 Å². The van der Waals surface area contributed by atoms with Gasteiger partial charge in [-0.15, -0.1) is 0 Å². The fourth-order valence-electron chi connectivity index (χ4n) is 1.65. The zero-order valence-corrected chi connectivity index (χ0v) is 13.8. The number of hydrogen-bond donors (Lipinski definition) is 0. The summed E-state index contributed by atoms with van der Waals surface area (Å²) in [5.74, 6) is 0.190. The summed E-state index contributed by atoms with van der Waals surface area (Å²) in [6, 6.07) is 6.45. The Morgan fingerprint density at radius 1 is 1.29 bits per heavy atom. The van der Waals surface area contributed by atoms with Gasteiger partial charge in [-0.1, -0.05) is 26.0 Å². The smallest absolute Gasteiger partial charge is 0.306 e. The standard InChI is InChI=1S/C15H23NO4S/c1-12(2)8-9-15(17)20-11-13-6-5-7-14(10-13)21(18,19)16(3)4/h5-7,10,12H,8-9,11H2,1-4H3. The van der Waals surface area contributed by atoms with Gasteiger partial charge in [0.1, 0.15) is 6.61 Å². The van der Waals surface area contributed by atoms with E-state index < -0.39 is 10.0 Å². The molecule has 0 fully saturated rings. The molecule has 6 heteroatoms. The van der Waals surface area contributed by atoms with Crippen LogP contribution in [0.5, 0.6) is 0 Å². The van der Waals surface area contributed by atoms with Gasteiger partial charge in [-0.05, 0) is 30.0 Å². The van der Waals surface area contributed by atoms with E-state index in [1.165, 1.54) is 26.2 Å². The van der Waals surface area contributed by atoms with Crippen molar-refractivity contribution < 1.29 is 17.9 Å². The summed E-state index contributed by atoms with van der Waals surface area (Å²) in [5.41, 5.74) is 0.663. The quantitative estimate of drug-likeness (QED) is 0.725. The van der Waals surface area contributed by atoms with E-state index >= 15 is 0 Å². The zero-order chi connectivity index (χ0) is 16.0. The molecule has 1 aromatic rings. The van der Waals surface area contributed by atoms with Gasteiger partial charge in [0.05, 0.1) is 4.90 Å². The van der Waals surface area contributed by atoms with Crippen molar-refractivity contribution in [2.45, 2.75) is 38.2 Å². The maximum Gasteiger partial charge on any atom is 0.306 e. The number of rotatable bonds is 7. The van der Waals surface area contributed by atoms with E-state index in [-0.39, 0.29) is 17.5 Å². The molecule has 0 amide bonds. The molecule has 118 valence electrons. The third-order valence-electron chi connectivity index (χ3n) is 3.00. The monoisotopic (exact) mass is 313 g/mol. The Kier molecular flexibility index (Phi) is 6.36. The maximum atomic E-state index is 12.0. The molecule has 0 aliphatic carbocycles. The van der Waals surface area contributed by atoms with Crippen LogP contribution < -0.4 is 0 Å². The first-order valence-corrected chi connectivity index (χ1v) is 8.34. The lowest BCUT2D eigenvalue weighted by atomic mass is 10.1.